The molecule has 1 fully saturated rings. The molecule has 3 aromatic heterocycles. The van der Waals surface area contributed by atoms with Crippen LogP contribution in [0.5, 0.6) is 0 Å². The Morgan fingerprint density at radius 2 is 1.47 bits per heavy atom. The molecule has 0 saturated carbocycles. The van der Waals surface area contributed by atoms with Crippen molar-refractivity contribution in [3.63, 3.8) is 0 Å². The van der Waals surface area contributed by atoms with Gasteiger partial charge in [-0.3, -0.25) is 4.98 Å². The van der Waals surface area contributed by atoms with Crippen LogP contribution in [0.2, 0.25) is 0 Å². The molecule has 8 rings (SSSR count). The quantitative estimate of drug-likeness (QED) is 0.235. The Balaban J connectivity index is 0.920. The summed E-state index contributed by atoms with van der Waals surface area (Å²) in [6.07, 6.45) is 2.10. The van der Waals surface area contributed by atoms with E-state index < -0.39 is 41.7 Å². The first-order valence-electron chi connectivity index (χ1n) is 17.1. The molecule has 6 aromatic rings. The number of alkyl halides is 2. The fourth-order valence-corrected chi connectivity index (χ4v) is 6.99. The molecule has 2 unspecified atom stereocenters. The Labute approximate surface area is 301 Å². The van der Waals surface area contributed by atoms with E-state index in [0.717, 1.165) is 66.0 Å². The Hall–Kier alpha value is -5.87. The predicted octanol–water partition coefficient (Wildman–Crippen LogP) is 4.15. The van der Waals surface area contributed by atoms with Crippen LogP contribution in [0.1, 0.15) is 31.1 Å². The summed E-state index contributed by atoms with van der Waals surface area (Å²) in [5.41, 5.74) is 0.220. The largest absolute Gasteiger partial charge is 0.391 e. The zero-order chi connectivity index (χ0) is 37.1. The Bertz CT molecular complexity index is 2320. The molecule has 3 atom stereocenters. The molecule has 16 heteroatoms. The number of halogens is 3. The summed E-state index contributed by atoms with van der Waals surface area (Å²) < 4.78 is 50.2. The topological polar surface area (TPSA) is 143 Å². The van der Waals surface area contributed by atoms with Crippen molar-refractivity contribution in [2.24, 2.45) is 0 Å². The van der Waals surface area contributed by atoms with Gasteiger partial charge < -0.3 is 20.0 Å². The predicted molar refractivity (Wildman–Crippen MR) is 189 cm³/mol. The van der Waals surface area contributed by atoms with E-state index in [0.29, 0.717) is 11.3 Å². The third-order valence-electron chi connectivity index (χ3n) is 10.3. The summed E-state index contributed by atoms with van der Waals surface area (Å²) in [6, 6.07) is 21.0. The van der Waals surface area contributed by atoms with E-state index in [1.807, 2.05) is 48.5 Å². The van der Waals surface area contributed by atoms with E-state index in [-0.39, 0.29) is 22.6 Å². The molecule has 3 aromatic carbocycles. The average Bonchev–Trinajstić information content (AvgIpc) is 3.81. The van der Waals surface area contributed by atoms with Gasteiger partial charge in [-0.25, -0.2) is 23.1 Å². The molecular formula is C37H35F3N10O3. The van der Waals surface area contributed by atoms with E-state index >= 15 is 8.78 Å². The number of hydrogen-bond acceptors (Lipinski definition) is 10. The van der Waals surface area contributed by atoms with Crippen LogP contribution in [-0.4, -0.2) is 82.0 Å². The Morgan fingerprint density at radius 3 is 2.09 bits per heavy atom. The lowest BCUT2D eigenvalue weighted by Gasteiger charge is -2.39. The van der Waals surface area contributed by atoms with Gasteiger partial charge in [0.25, 0.3) is 0 Å². The van der Waals surface area contributed by atoms with Gasteiger partial charge in [0.05, 0.1) is 24.4 Å². The molecule has 2 aliphatic rings. The number of tetrazole rings is 1. The number of aliphatic hydroxyl groups excluding tert-OH is 1. The van der Waals surface area contributed by atoms with E-state index in [2.05, 4.69) is 35.4 Å². The van der Waals surface area contributed by atoms with Gasteiger partial charge in [0.2, 0.25) is 0 Å². The highest BCUT2D eigenvalue weighted by Crippen LogP contribution is 2.50. The lowest BCUT2D eigenvalue weighted by molar-refractivity contribution is -0.207. The van der Waals surface area contributed by atoms with Crippen molar-refractivity contribution in [2.75, 3.05) is 36.0 Å². The molecule has 0 aliphatic carbocycles. The van der Waals surface area contributed by atoms with Gasteiger partial charge in [-0.2, -0.15) is 13.9 Å². The van der Waals surface area contributed by atoms with Crippen LogP contribution in [0.25, 0.3) is 28.2 Å². The number of fused-ring (bicyclic) bond motifs is 3. The molecule has 2 aliphatic heterocycles. The molecule has 13 nitrogen and oxygen atoms in total. The molecule has 1 saturated heterocycles. The van der Waals surface area contributed by atoms with Crippen LogP contribution in [0.4, 0.5) is 24.5 Å². The minimum Gasteiger partial charge on any atom is -0.391 e. The second-order valence-corrected chi connectivity index (χ2v) is 13.5. The minimum atomic E-state index is -3.88. The van der Waals surface area contributed by atoms with E-state index in [1.165, 1.54) is 33.9 Å². The second-order valence-electron chi connectivity index (χ2n) is 13.5. The van der Waals surface area contributed by atoms with Crippen LogP contribution in [0.15, 0.2) is 96.2 Å². The number of piperazine rings is 1. The van der Waals surface area contributed by atoms with Gasteiger partial charge in [-0.1, -0.05) is 24.3 Å². The highest BCUT2D eigenvalue weighted by atomic mass is 19.3. The Morgan fingerprint density at radius 1 is 0.849 bits per heavy atom. The van der Waals surface area contributed by atoms with Crippen molar-refractivity contribution < 1.29 is 23.4 Å². The van der Waals surface area contributed by atoms with Crippen LogP contribution in [0, 0.1) is 5.82 Å². The summed E-state index contributed by atoms with van der Waals surface area (Å²) >= 11 is 0. The van der Waals surface area contributed by atoms with Gasteiger partial charge in [0.1, 0.15) is 17.8 Å². The lowest BCUT2D eigenvalue weighted by Crippen LogP contribution is -2.49. The third kappa shape index (κ3) is 5.83. The minimum absolute atomic E-state index is 0.0140. The molecule has 2 N–H and O–H groups in total. The van der Waals surface area contributed by atoms with Crippen LogP contribution < -0.4 is 15.5 Å². The van der Waals surface area contributed by atoms with Gasteiger partial charge in [-0.05, 0) is 84.4 Å². The number of hydrogen-bond donors (Lipinski definition) is 2. The summed E-state index contributed by atoms with van der Waals surface area (Å²) in [5, 5.41) is 36.6. The number of benzene rings is 3. The van der Waals surface area contributed by atoms with Crippen molar-refractivity contribution in [2.45, 2.75) is 44.1 Å². The molecule has 0 bridgehead atoms. The fraction of sp³-hybridized carbons (Fsp3) is 0.297. The molecule has 5 heterocycles. The number of rotatable bonds is 8. The van der Waals surface area contributed by atoms with E-state index in [9.17, 15) is 19.4 Å². The monoisotopic (exact) mass is 724 g/mol. The maximum atomic E-state index is 16.2. The second kappa shape index (κ2) is 13.0. The molecule has 53 heavy (non-hydrogen) atoms. The van der Waals surface area contributed by atoms with Crippen molar-refractivity contribution in [3.05, 3.63) is 119 Å². The van der Waals surface area contributed by atoms with Gasteiger partial charge in [-0.15, -0.1) is 5.10 Å². The van der Waals surface area contributed by atoms with Crippen molar-refractivity contribution in [1.82, 2.24) is 39.5 Å². The number of aliphatic hydroxyl groups is 2. The van der Waals surface area contributed by atoms with Crippen LogP contribution in [0.3, 0.4) is 0 Å². The highest BCUT2D eigenvalue weighted by molar-refractivity contribution is 5.67. The summed E-state index contributed by atoms with van der Waals surface area (Å²) in [4.78, 5) is 21.5. The Kier molecular flexibility index (Phi) is 8.37. The van der Waals surface area contributed by atoms with Gasteiger partial charge >= 0.3 is 11.6 Å². The fourth-order valence-electron chi connectivity index (χ4n) is 6.99. The maximum Gasteiger partial charge on any atom is 0.350 e. The van der Waals surface area contributed by atoms with Crippen LogP contribution >= 0.6 is 0 Å². The summed E-state index contributed by atoms with van der Waals surface area (Å²) in [6.45, 7) is 5.84. The van der Waals surface area contributed by atoms with Crippen molar-refractivity contribution in [1.29, 1.82) is 0 Å². The smallest absolute Gasteiger partial charge is 0.350 e. The number of nitrogens with zero attached hydrogens (tertiary/aromatic N) is 10. The first kappa shape index (κ1) is 34.2. The standard InChI is InChI=1S/C37H35F3N10O3/c1-23(24(2)51)50-35(52)48(22-42-50)30-11-9-29(10-12-30)47-17-15-46(16-18-47)28-7-3-25(4-8-28)26-5-14-33(41-20-26)37(39,40)36(53)21-49-34(43-44-45-49)31-19-27(38)6-13-32(31)36/h3-14,19-20,22-24,51,53H,15-18,21H2,1-2H3/t23?,24?,36-/m0/s1. The summed E-state index contributed by atoms with van der Waals surface area (Å²) in [5.74, 6) is -4.46. The molecule has 0 spiro atoms. The van der Waals surface area contributed by atoms with Crippen molar-refractivity contribution >= 4 is 11.4 Å². The normalized spacial score (nSPS) is 18.4. The lowest BCUT2D eigenvalue weighted by atomic mass is 9.80. The number of anilines is 2. The van der Waals surface area contributed by atoms with E-state index in [4.69, 9.17) is 0 Å². The zero-order valence-electron chi connectivity index (χ0n) is 28.8. The first-order chi connectivity index (χ1) is 25.4. The van der Waals surface area contributed by atoms with Gasteiger partial charge in [0, 0.05) is 60.4 Å². The molecule has 0 radical (unpaired) electrons. The SMILES string of the molecule is CC(O)C(C)n1ncn(-c2ccc(N3CCN(c4ccc(-c5ccc(C(F)(F)[C@]6(O)Cn7nnnc7-c7cc(F)ccc76)nc5)cc4)CC3)cc2)c1=O. The number of aromatic nitrogens is 8. The van der Waals surface area contributed by atoms with Crippen LogP contribution in [-0.2, 0) is 18.1 Å². The molecule has 272 valence electrons. The van der Waals surface area contributed by atoms with E-state index in [1.54, 1.807) is 13.8 Å². The molecular weight excluding hydrogens is 689 g/mol. The van der Waals surface area contributed by atoms with Gasteiger partial charge in [0.15, 0.2) is 11.4 Å². The average molecular weight is 725 g/mol. The molecule has 0 amide bonds. The van der Waals surface area contributed by atoms with Crippen molar-refractivity contribution in [3.8, 4) is 28.2 Å². The zero-order valence-corrected chi connectivity index (χ0v) is 28.8. The number of pyridine rings is 1. The highest BCUT2D eigenvalue weighted by Gasteiger charge is 2.59. The maximum absolute atomic E-state index is 16.2. The third-order valence-corrected chi connectivity index (χ3v) is 10.3. The summed E-state index contributed by atoms with van der Waals surface area (Å²) in [7, 11) is 0. The first-order valence-corrected chi connectivity index (χ1v) is 17.1.